The van der Waals surface area contributed by atoms with Crippen LogP contribution in [0.25, 0.3) is 32.9 Å². The van der Waals surface area contributed by atoms with E-state index in [-0.39, 0.29) is 30.2 Å². The molecule has 0 saturated carbocycles. The van der Waals surface area contributed by atoms with Crippen molar-refractivity contribution in [2.24, 2.45) is 0 Å². The quantitative estimate of drug-likeness (QED) is 0.192. The number of hydrogen-bond acceptors (Lipinski definition) is 9. The summed E-state index contributed by atoms with van der Waals surface area (Å²) in [5, 5.41) is 2.44. The number of aryl methyl sites for hydroxylation is 2. The van der Waals surface area contributed by atoms with Crippen molar-refractivity contribution in [2.45, 2.75) is 70.6 Å². The molecule has 250 valence electrons. The van der Waals surface area contributed by atoms with Crippen LogP contribution in [0.5, 0.6) is 11.8 Å². The van der Waals surface area contributed by atoms with Gasteiger partial charge in [0, 0.05) is 56.6 Å². The van der Waals surface area contributed by atoms with Gasteiger partial charge in [0.1, 0.15) is 30.2 Å². The Labute approximate surface area is 274 Å². The summed E-state index contributed by atoms with van der Waals surface area (Å²) in [6.07, 6.45) is 4.72. The van der Waals surface area contributed by atoms with Crippen molar-refractivity contribution < 1.29 is 27.7 Å². The fourth-order valence-corrected chi connectivity index (χ4v) is 7.82. The molecule has 4 aromatic rings. The monoisotopic (exact) mass is 647 g/mol. The normalized spacial score (nSPS) is 23.4. The van der Waals surface area contributed by atoms with Crippen LogP contribution in [-0.4, -0.2) is 91.0 Å². The summed E-state index contributed by atoms with van der Waals surface area (Å²) in [6.45, 7) is 9.78. The zero-order chi connectivity index (χ0) is 32.7. The van der Waals surface area contributed by atoms with Crippen molar-refractivity contribution in [2.75, 3.05) is 58.3 Å². The van der Waals surface area contributed by atoms with Crippen LogP contribution in [0.15, 0.2) is 30.5 Å². The van der Waals surface area contributed by atoms with Gasteiger partial charge in [0.15, 0.2) is 6.79 Å². The number of rotatable bonds is 9. The summed E-state index contributed by atoms with van der Waals surface area (Å²) in [7, 11) is 1.57. The number of halogens is 2. The Kier molecular flexibility index (Phi) is 8.88. The molecule has 0 N–H and O–H groups in total. The van der Waals surface area contributed by atoms with Crippen LogP contribution < -0.4 is 14.4 Å². The number of pyridine rings is 1. The van der Waals surface area contributed by atoms with E-state index in [9.17, 15) is 4.39 Å². The van der Waals surface area contributed by atoms with Crippen LogP contribution in [-0.2, 0) is 15.9 Å². The van der Waals surface area contributed by atoms with E-state index < -0.39 is 6.17 Å². The van der Waals surface area contributed by atoms with E-state index in [2.05, 4.69) is 16.7 Å². The molecule has 0 spiro atoms. The Morgan fingerprint density at radius 1 is 1.13 bits per heavy atom. The minimum atomic E-state index is -0.850. The van der Waals surface area contributed by atoms with Gasteiger partial charge in [-0.25, -0.2) is 8.78 Å². The second kappa shape index (κ2) is 13.1. The Morgan fingerprint density at radius 3 is 2.83 bits per heavy atom. The molecule has 3 atom stereocenters. The molecular weight excluding hydrogens is 604 g/mol. The fraction of sp³-hybridized carbons (Fsp3) is 0.528. The maximum Gasteiger partial charge on any atom is 0.319 e. The van der Waals surface area contributed by atoms with E-state index >= 15 is 4.39 Å². The van der Waals surface area contributed by atoms with E-state index in [4.69, 9.17) is 33.9 Å². The highest BCUT2D eigenvalue weighted by Gasteiger charge is 2.49. The first kappa shape index (κ1) is 31.9. The lowest BCUT2D eigenvalue weighted by Crippen LogP contribution is -2.43. The number of fused-ring (bicyclic) bond motifs is 3. The number of nitrogens with zero attached hydrogens (tertiary/aromatic N) is 5. The van der Waals surface area contributed by atoms with E-state index in [0.717, 1.165) is 58.9 Å². The molecule has 47 heavy (non-hydrogen) atoms. The van der Waals surface area contributed by atoms with Gasteiger partial charge in [-0.2, -0.15) is 9.97 Å². The average molecular weight is 648 g/mol. The van der Waals surface area contributed by atoms with E-state index in [1.807, 2.05) is 32.2 Å². The topological polar surface area (TPSA) is 82.1 Å². The molecule has 9 nitrogen and oxygen atoms in total. The SMILES string of the molecule is CCc1c(F)ccc2cc(OCOC)cc(-c3ncc4c(N5CCOCC[C@H]5C)nc(OC[C@@]56CCCN5C[C@H](F)C6)nc4c3C)c12. The number of hydrogen-bond donors (Lipinski definition) is 0. The van der Waals surface area contributed by atoms with Crippen LogP contribution in [0.1, 0.15) is 50.7 Å². The number of ether oxygens (including phenoxy) is 4. The van der Waals surface area contributed by atoms with Crippen molar-refractivity contribution in [1.82, 2.24) is 19.9 Å². The van der Waals surface area contributed by atoms with Gasteiger partial charge >= 0.3 is 6.01 Å². The highest BCUT2D eigenvalue weighted by Crippen LogP contribution is 2.42. The molecule has 2 aromatic heterocycles. The molecule has 3 saturated heterocycles. The lowest BCUT2D eigenvalue weighted by molar-refractivity contribution is 0.0512. The zero-order valence-corrected chi connectivity index (χ0v) is 27.7. The van der Waals surface area contributed by atoms with Gasteiger partial charge in [-0.3, -0.25) is 9.88 Å². The lowest BCUT2D eigenvalue weighted by atomic mass is 9.93. The summed E-state index contributed by atoms with van der Waals surface area (Å²) < 4.78 is 53.1. The number of alkyl halides is 1. The Bertz CT molecular complexity index is 1790. The van der Waals surface area contributed by atoms with Gasteiger partial charge in [0.25, 0.3) is 0 Å². The number of benzene rings is 2. The molecule has 7 rings (SSSR count). The average Bonchev–Trinajstić information content (AvgIpc) is 3.50. The van der Waals surface area contributed by atoms with Gasteiger partial charge in [-0.15, -0.1) is 0 Å². The molecule has 3 aliphatic heterocycles. The van der Waals surface area contributed by atoms with Gasteiger partial charge < -0.3 is 23.8 Å². The van der Waals surface area contributed by atoms with Crippen molar-refractivity contribution in [3.63, 3.8) is 0 Å². The molecule has 2 aromatic carbocycles. The lowest BCUT2D eigenvalue weighted by Gasteiger charge is -2.31. The van der Waals surface area contributed by atoms with Crippen molar-refractivity contribution >= 4 is 27.5 Å². The van der Waals surface area contributed by atoms with E-state index in [1.54, 1.807) is 13.2 Å². The Balaban J connectivity index is 1.39. The highest BCUT2D eigenvalue weighted by atomic mass is 19.1. The predicted octanol–water partition coefficient (Wildman–Crippen LogP) is 6.41. The van der Waals surface area contributed by atoms with E-state index in [0.29, 0.717) is 68.3 Å². The highest BCUT2D eigenvalue weighted by molar-refractivity contribution is 6.03. The smallest absolute Gasteiger partial charge is 0.319 e. The van der Waals surface area contributed by atoms with E-state index in [1.165, 1.54) is 6.07 Å². The number of methoxy groups -OCH3 is 1. The molecule has 3 aliphatic rings. The number of aromatic nitrogens is 3. The largest absolute Gasteiger partial charge is 0.468 e. The van der Waals surface area contributed by atoms with Gasteiger partial charge in [0.2, 0.25) is 0 Å². The molecule has 0 bridgehead atoms. The molecule has 0 amide bonds. The standard InChI is InChI=1S/C36H43F2N5O4/c1-5-27-30(38)8-7-24-15-26(47-21-44-4)16-28(31(24)27)32-23(3)33-29(18-39-32)34(43-12-14-45-13-9-22(43)2)41-35(40-33)46-20-36-10-6-11-42(36)19-25(37)17-36/h7-8,15-16,18,22,25H,5-6,9-14,17,19-21H2,1-4H3/t22-,25-,36+/m1/s1. The first-order valence-electron chi connectivity index (χ1n) is 16.7. The molecule has 11 heteroatoms. The van der Waals surface area contributed by atoms with Crippen LogP contribution in [0, 0.1) is 12.7 Å². The maximum atomic E-state index is 15.2. The van der Waals surface area contributed by atoms with Gasteiger partial charge in [-0.1, -0.05) is 13.0 Å². The van der Waals surface area contributed by atoms with Crippen LogP contribution >= 0.6 is 0 Å². The van der Waals surface area contributed by atoms with Gasteiger partial charge in [-0.05, 0) is 80.6 Å². The molecule has 0 radical (unpaired) electrons. The molecule has 0 unspecified atom stereocenters. The first-order chi connectivity index (χ1) is 22.8. The second-order valence-electron chi connectivity index (χ2n) is 13.1. The molecule has 0 aliphatic carbocycles. The summed E-state index contributed by atoms with van der Waals surface area (Å²) in [6, 6.07) is 7.50. The minimum absolute atomic E-state index is 0.0774. The number of anilines is 1. The zero-order valence-electron chi connectivity index (χ0n) is 27.7. The molecule has 3 fully saturated rings. The van der Waals surface area contributed by atoms with Crippen LogP contribution in [0.2, 0.25) is 0 Å². The maximum absolute atomic E-state index is 15.2. The Morgan fingerprint density at radius 2 is 2.00 bits per heavy atom. The minimum Gasteiger partial charge on any atom is -0.468 e. The van der Waals surface area contributed by atoms with Crippen molar-refractivity contribution in [1.29, 1.82) is 0 Å². The van der Waals surface area contributed by atoms with Crippen molar-refractivity contribution in [3.8, 4) is 23.0 Å². The predicted molar refractivity (Wildman–Crippen MR) is 178 cm³/mol. The summed E-state index contributed by atoms with van der Waals surface area (Å²) >= 11 is 0. The van der Waals surface area contributed by atoms with Gasteiger partial charge in [0.05, 0.1) is 28.7 Å². The third kappa shape index (κ3) is 5.87. The molecular formula is C36H43F2N5O4. The third-order valence-electron chi connectivity index (χ3n) is 10.2. The fourth-order valence-electron chi connectivity index (χ4n) is 7.82. The summed E-state index contributed by atoms with van der Waals surface area (Å²) in [5.41, 5.74) is 3.23. The van der Waals surface area contributed by atoms with Crippen LogP contribution in [0.3, 0.4) is 0 Å². The first-order valence-corrected chi connectivity index (χ1v) is 16.7. The van der Waals surface area contributed by atoms with Crippen LogP contribution in [0.4, 0.5) is 14.6 Å². The van der Waals surface area contributed by atoms with Crippen molar-refractivity contribution in [3.05, 3.63) is 47.4 Å². The second-order valence-corrected chi connectivity index (χ2v) is 13.1. The summed E-state index contributed by atoms with van der Waals surface area (Å²) in [4.78, 5) is 19.5. The third-order valence-corrected chi connectivity index (χ3v) is 10.2. The summed E-state index contributed by atoms with van der Waals surface area (Å²) in [5.74, 6) is 1.08. The Hall–Kier alpha value is -3.67. The molecule has 5 heterocycles.